The van der Waals surface area contributed by atoms with Gasteiger partial charge in [0.05, 0.1) is 0 Å². The Labute approximate surface area is 322 Å². The van der Waals surface area contributed by atoms with Gasteiger partial charge in [-0.2, -0.15) is 0 Å². The summed E-state index contributed by atoms with van der Waals surface area (Å²) >= 11 is -2.68. The molecule has 0 aromatic heterocycles. The first-order chi connectivity index (χ1) is 22.7. The first-order valence-corrected chi connectivity index (χ1v) is 22.6. The Hall–Kier alpha value is -2.05. The maximum absolute atomic E-state index is 2.78. The van der Waals surface area contributed by atoms with Crippen LogP contribution in [-0.2, 0) is 32.1 Å². The van der Waals surface area contributed by atoms with Crippen molar-refractivity contribution < 1.29 is 46.1 Å². The van der Waals surface area contributed by atoms with Crippen molar-refractivity contribution in [3.05, 3.63) is 126 Å². The zero-order valence-electron chi connectivity index (χ0n) is 31.9. The zero-order valence-corrected chi connectivity index (χ0v) is 35.8. The molecule has 3 heteroatoms. The van der Waals surface area contributed by atoms with Gasteiger partial charge in [-0.25, -0.2) is 0 Å². The molecule has 8 rings (SSSR count). The summed E-state index contributed by atoms with van der Waals surface area (Å²) in [4.78, 5) is 0. The Morgan fingerprint density at radius 2 is 1.18 bits per heavy atom. The second kappa shape index (κ2) is 13.1. The van der Waals surface area contributed by atoms with E-state index in [1.165, 1.54) is 87.8 Å². The number of hydrogen-bond acceptors (Lipinski definition) is 0. The number of hydrogen-bond donors (Lipinski definition) is 0. The van der Waals surface area contributed by atoms with Crippen molar-refractivity contribution in [3.63, 3.8) is 0 Å². The van der Waals surface area contributed by atoms with E-state index in [4.69, 9.17) is 0 Å². The molecule has 0 spiro atoms. The molecular weight excluding hydrogens is 727 g/mol. The van der Waals surface area contributed by atoms with Crippen LogP contribution in [0.1, 0.15) is 143 Å². The summed E-state index contributed by atoms with van der Waals surface area (Å²) in [5, 5.41) is 0. The monoisotopic (exact) mass is 778 g/mol. The number of allylic oxidation sites excluding steroid dienone is 8. The van der Waals surface area contributed by atoms with Gasteiger partial charge in [0.2, 0.25) is 0 Å². The van der Waals surface area contributed by atoms with E-state index in [2.05, 4.69) is 142 Å². The van der Waals surface area contributed by atoms with Crippen molar-refractivity contribution >= 4 is 14.4 Å². The van der Waals surface area contributed by atoms with Crippen molar-refractivity contribution in [1.29, 1.82) is 0 Å². The molecule has 0 radical (unpaired) electrons. The molecule has 0 nitrogen and oxygen atoms in total. The quantitative estimate of drug-likeness (QED) is 0.275. The molecule has 0 aliphatic heterocycles. The summed E-state index contributed by atoms with van der Waals surface area (Å²) < 4.78 is 3.97. The summed E-state index contributed by atoms with van der Waals surface area (Å²) in [5.41, 5.74) is 20.0. The van der Waals surface area contributed by atoms with Crippen molar-refractivity contribution in [1.82, 2.24) is 0 Å². The van der Waals surface area contributed by atoms with Gasteiger partial charge in [-0.15, -0.1) is 0 Å². The molecule has 1 fully saturated rings. The first-order valence-electron chi connectivity index (χ1n) is 18.7. The van der Waals surface area contributed by atoms with Crippen LogP contribution in [-0.4, -0.2) is 3.21 Å². The number of benzene rings is 3. The van der Waals surface area contributed by atoms with Gasteiger partial charge in [-0.05, 0) is 0 Å². The molecular formula is C47H54Cl2Zr. The molecule has 1 unspecified atom stereocenters. The van der Waals surface area contributed by atoms with Crippen molar-refractivity contribution in [2.75, 3.05) is 0 Å². The number of halogens is 2. The van der Waals surface area contributed by atoms with E-state index in [9.17, 15) is 0 Å². The Kier molecular flexibility index (Phi) is 9.89. The van der Waals surface area contributed by atoms with Crippen LogP contribution in [0.4, 0.5) is 0 Å². The topological polar surface area (TPSA) is 0 Å². The SMILES string of the molecule is CC1=CC(C)(C)c2cc3c(cc21)-c1cc2c(cc1[CH]3/[Zr+2]([C]1=CC(C3(C)CCCCC3)=CC1C)=[C](\C)c1ccc(C)cc1)C(C)(C)C=C2C.[Cl-].[Cl-]. The minimum absolute atomic E-state index is 0. The molecule has 1 atom stereocenters. The summed E-state index contributed by atoms with van der Waals surface area (Å²) in [5.74, 6) is 0.505. The van der Waals surface area contributed by atoms with Gasteiger partial charge in [-0.3, -0.25) is 0 Å². The van der Waals surface area contributed by atoms with Gasteiger partial charge in [0.15, 0.2) is 0 Å². The second-order valence-corrected chi connectivity index (χ2v) is 24.3. The minimum Gasteiger partial charge on any atom is -1.00 e. The molecule has 3 aromatic rings. The normalized spacial score (nSPS) is 22.1. The van der Waals surface area contributed by atoms with Gasteiger partial charge < -0.3 is 24.8 Å². The molecule has 0 heterocycles. The van der Waals surface area contributed by atoms with Crippen molar-refractivity contribution in [2.24, 2.45) is 11.3 Å². The summed E-state index contributed by atoms with van der Waals surface area (Å²) in [6.07, 6.45) is 17.3. The smallest absolute Gasteiger partial charge is 1.00 e. The molecule has 50 heavy (non-hydrogen) atoms. The Morgan fingerprint density at radius 1 is 0.680 bits per heavy atom. The first kappa shape index (κ1) is 37.7. The van der Waals surface area contributed by atoms with E-state index in [-0.39, 0.29) is 35.6 Å². The van der Waals surface area contributed by atoms with Crippen LogP contribution in [0.5, 0.6) is 0 Å². The molecule has 3 aromatic carbocycles. The fraction of sp³-hybridized carbons (Fsp3) is 0.426. The molecule has 5 aliphatic carbocycles. The predicted octanol–water partition coefficient (Wildman–Crippen LogP) is 6.75. The standard InChI is InChI=1S/C25H25.C13H19.C9H10.2ClH.Zr/c1-14-12-24(3,4)22-8-16-7-17-9-23-19(15(2)13-25(23,5)6)11-21(17)20(16)10-18(14)22;1-11-6-7-12(10-11)13(2)8-4-3-5-9-13;1-3-9-6-4-8(2)5-7-9;;;/h7-13H,1-6H3;7,10-11H,3-5,8-9H2,1-2H3;4-7H,1-2H3;2*1H;/q;;;;;+2/p-2. The molecule has 0 N–H and O–H groups in total. The second-order valence-electron chi connectivity index (χ2n) is 17.5. The molecule has 5 aliphatic rings. The van der Waals surface area contributed by atoms with E-state index in [1.54, 1.807) is 19.9 Å². The van der Waals surface area contributed by atoms with Crippen LogP contribution in [0.2, 0.25) is 0 Å². The Bertz CT molecular complexity index is 1970. The minimum atomic E-state index is -2.68. The van der Waals surface area contributed by atoms with E-state index < -0.39 is 21.3 Å². The predicted molar refractivity (Wildman–Crippen MR) is 205 cm³/mol. The van der Waals surface area contributed by atoms with Crippen LogP contribution in [0.25, 0.3) is 22.3 Å². The summed E-state index contributed by atoms with van der Waals surface area (Å²) in [7, 11) is 0. The van der Waals surface area contributed by atoms with Gasteiger partial charge >= 0.3 is 300 Å². The molecule has 1 saturated carbocycles. The summed E-state index contributed by atoms with van der Waals surface area (Å²) in [6.45, 7) is 24.2. The molecule has 0 saturated heterocycles. The van der Waals surface area contributed by atoms with Crippen LogP contribution in [0.15, 0.2) is 81.7 Å². The number of rotatable bonds is 4. The zero-order chi connectivity index (χ0) is 33.9. The maximum Gasteiger partial charge on any atom is -1.00 e. The van der Waals surface area contributed by atoms with Crippen LogP contribution < -0.4 is 24.8 Å². The number of fused-ring (bicyclic) bond motifs is 5. The van der Waals surface area contributed by atoms with Crippen molar-refractivity contribution in [2.45, 2.75) is 116 Å². The average molecular weight is 781 g/mol. The van der Waals surface area contributed by atoms with Crippen LogP contribution in [0, 0.1) is 18.3 Å². The van der Waals surface area contributed by atoms with E-state index in [0.717, 1.165) is 0 Å². The van der Waals surface area contributed by atoms with E-state index in [0.29, 0.717) is 15.0 Å². The fourth-order valence-corrected chi connectivity index (χ4v) is 19.4. The molecule has 0 amide bonds. The van der Waals surface area contributed by atoms with Gasteiger partial charge in [0, 0.05) is 0 Å². The van der Waals surface area contributed by atoms with Crippen LogP contribution >= 0.6 is 0 Å². The van der Waals surface area contributed by atoms with E-state index in [1.807, 2.05) is 3.28 Å². The maximum atomic E-state index is 2.78. The third-order valence-electron chi connectivity index (χ3n) is 13.1. The fourth-order valence-electron chi connectivity index (χ4n) is 10.4. The Morgan fingerprint density at radius 3 is 1.68 bits per heavy atom. The summed E-state index contributed by atoms with van der Waals surface area (Å²) in [6, 6.07) is 20.1. The van der Waals surface area contributed by atoms with Gasteiger partial charge in [-0.1, -0.05) is 0 Å². The Balaban J connectivity index is 0.00000216. The van der Waals surface area contributed by atoms with Gasteiger partial charge in [0.1, 0.15) is 0 Å². The van der Waals surface area contributed by atoms with E-state index >= 15 is 0 Å². The average Bonchev–Trinajstić information content (AvgIpc) is 3.71. The van der Waals surface area contributed by atoms with Crippen molar-refractivity contribution in [3.8, 4) is 11.1 Å². The third kappa shape index (κ3) is 5.85. The third-order valence-corrected chi connectivity index (χ3v) is 21.7. The van der Waals surface area contributed by atoms with Crippen LogP contribution in [0.3, 0.4) is 0 Å². The molecule has 0 bridgehead atoms. The largest absolute Gasteiger partial charge is 1.00 e. The van der Waals surface area contributed by atoms with Gasteiger partial charge in [0.25, 0.3) is 0 Å². The number of aryl methyl sites for hydroxylation is 1. The molecule has 260 valence electrons.